The topological polar surface area (TPSA) is 37.4 Å². The Morgan fingerprint density at radius 1 is 0.870 bits per heavy atom. The first-order valence-corrected chi connectivity index (χ1v) is 10.0. The van der Waals surface area contributed by atoms with Crippen LogP contribution in [0.3, 0.4) is 0 Å². The predicted octanol–water partition coefficient (Wildman–Crippen LogP) is 3.95. The normalized spacial score (nSPS) is 39.3. The molecule has 23 heavy (non-hydrogen) atoms. The highest BCUT2D eigenvalue weighted by atomic mass is 16.2. The van der Waals surface area contributed by atoms with Crippen molar-refractivity contribution >= 4 is 11.7 Å². The molecule has 4 rings (SSSR count). The van der Waals surface area contributed by atoms with Crippen molar-refractivity contribution in [3.8, 4) is 0 Å². The van der Waals surface area contributed by atoms with Crippen LogP contribution in [-0.2, 0) is 9.59 Å². The maximum Gasteiger partial charge on any atom is 0.230 e. The Labute approximate surface area is 140 Å². The fourth-order valence-electron chi connectivity index (χ4n) is 6.20. The van der Waals surface area contributed by atoms with Crippen LogP contribution in [0.1, 0.15) is 77.0 Å². The van der Waals surface area contributed by atoms with Crippen LogP contribution in [-0.4, -0.2) is 29.2 Å². The second kappa shape index (κ2) is 6.57. The van der Waals surface area contributed by atoms with Gasteiger partial charge in [0.05, 0.1) is 6.42 Å². The van der Waals surface area contributed by atoms with Crippen LogP contribution >= 0.6 is 0 Å². The third-order valence-electron chi connectivity index (χ3n) is 7.29. The zero-order valence-corrected chi connectivity index (χ0v) is 14.3. The van der Waals surface area contributed by atoms with Crippen LogP contribution < -0.4 is 0 Å². The summed E-state index contributed by atoms with van der Waals surface area (Å²) in [5.41, 5.74) is 0. The van der Waals surface area contributed by atoms with Crippen molar-refractivity contribution < 1.29 is 9.59 Å². The monoisotopic (exact) mass is 317 g/mol. The third kappa shape index (κ3) is 3.21. The van der Waals surface area contributed by atoms with E-state index in [0.717, 1.165) is 31.2 Å². The van der Waals surface area contributed by atoms with Gasteiger partial charge in [0.25, 0.3) is 0 Å². The Morgan fingerprint density at radius 2 is 1.70 bits per heavy atom. The lowest BCUT2D eigenvalue weighted by Crippen LogP contribution is -2.50. The van der Waals surface area contributed by atoms with Crippen LogP contribution in [0.15, 0.2) is 0 Å². The highest BCUT2D eigenvalue weighted by Gasteiger charge is 2.41. The smallest absolute Gasteiger partial charge is 0.230 e. The molecule has 0 aromatic rings. The lowest BCUT2D eigenvalue weighted by molar-refractivity contribution is -0.140. The molecule has 5 atom stereocenters. The standard InChI is InChI=1S/C20H31NO2/c22-18(12-17-11-14-7-8-16(17)10-14)13-20(23)21-9-3-5-15-4-1-2-6-19(15)21/h14-17,19H,1-13H2. The molecule has 4 fully saturated rings. The summed E-state index contributed by atoms with van der Waals surface area (Å²) in [6.45, 7) is 0.890. The molecule has 1 aliphatic heterocycles. The average Bonchev–Trinajstić information content (AvgIpc) is 3.17. The van der Waals surface area contributed by atoms with E-state index in [2.05, 4.69) is 4.90 Å². The minimum absolute atomic E-state index is 0.134. The summed E-state index contributed by atoms with van der Waals surface area (Å²) < 4.78 is 0. The maximum atomic E-state index is 12.7. The Morgan fingerprint density at radius 3 is 2.48 bits per heavy atom. The first kappa shape index (κ1) is 15.7. The van der Waals surface area contributed by atoms with E-state index in [1.807, 2.05) is 0 Å². The van der Waals surface area contributed by atoms with E-state index in [1.54, 1.807) is 0 Å². The zero-order chi connectivity index (χ0) is 15.8. The average molecular weight is 317 g/mol. The van der Waals surface area contributed by atoms with E-state index in [1.165, 1.54) is 51.4 Å². The number of rotatable bonds is 4. The van der Waals surface area contributed by atoms with Gasteiger partial charge in [-0.1, -0.05) is 19.3 Å². The summed E-state index contributed by atoms with van der Waals surface area (Å²) in [6, 6.07) is 0.445. The van der Waals surface area contributed by atoms with E-state index in [0.29, 0.717) is 24.3 Å². The van der Waals surface area contributed by atoms with Crippen LogP contribution in [0.25, 0.3) is 0 Å². The number of fused-ring (bicyclic) bond motifs is 3. The van der Waals surface area contributed by atoms with Gasteiger partial charge in [-0.25, -0.2) is 0 Å². The molecule has 0 aromatic carbocycles. The quantitative estimate of drug-likeness (QED) is 0.736. The minimum atomic E-state index is 0.134. The number of amides is 1. The zero-order valence-electron chi connectivity index (χ0n) is 14.3. The summed E-state index contributed by atoms with van der Waals surface area (Å²) >= 11 is 0. The third-order valence-corrected chi connectivity index (χ3v) is 7.29. The van der Waals surface area contributed by atoms with Gasteiger partial charge in [0.2, 0.25) is 5.91 Å². The molecule has 2 bridgehead atoms. The van der Waals surface area contributed by atoms with Crippen molar-refractivity contribution in [2.75, 3.05) is 6.54 Å². The Bertz CT molecular complexity index is 472. The molecule has 1 saturated heterocycles. The first-order chi connectivity index (χ1) is 11.2. The molecule has 0 radical (unpaired) electrons. The maximum absolute atomic E-state index is 12.7. The fraction of sp³-hybridized carbons (Fsp3) is 0.900. The van der Waals surface area contributed by atoms with E-state index in [-0.39, 0.29) is 18.1 Å². The Hall–Kier alpha value is -0.860. The Kier molecular flexibility index (Phi) is 4.47. The molecule has 0 aromatic heterocycles. The molecule has 128 valence electrons. The SMILES string of the molecule is O=C(CC(=O)N1CCCC2CCCCC21)CC1CC2CCC1C2. The van der Waals surface area contributed by atoms with Gasteiger partial charge in [-0.05, 0) is 68.6 Å². The van der Waals surface area contributed by atoms with Crippen LogP contribution in [0.2, 0.25) is 0 Å². The molecule has 4 aliphatic rings. The number of carbonyl (C=O) groups is 2. The van der Waals surface area contributed by atoms with Crippen LogP contribution in [0, 0.1) is 23.7 Å². The fourth-order valence-corrected chi connectivity index (χ4v) is 6.20. The number of carbonyl (C=O) groups excluding carboxylic acids is 2. The molecule has 3 saturated carbocycles. The van der Waals surface area contributed by atoms with Gasteiger partial charge in [0.15, 0.2) is 0 Å². The lowest BCUT2D eigenvalue weighted by atomic mass is 9.78. The van der Waals surface area contributed by atoms with E-state index < -0.39 is 0 Å². The van der Waals surface area contributed by atoms with Gasteiger partial charge < -0.3 is 4.90 Å². The second-order valence-electron chi connectivity index (χ2n) is 8.70. The molecule has 1 heterocycles. The van der Waals surface area contributed by atoms with Crippen molar-refractivity contribution in [3.05, 3.63) is 0 Å². The van der Waals surface area contributed by atoms with Crippen molar-refractivity contribution in [2.24, 2.45) is 23.7 Å². The van der Waals surface area contributed by atoms with Gasteiger partial charge >= 0.3 is 0 Å². The molecule has 0 spiro atoms. The van der Waals surface area contributed by atoms with Gasteiger partial charge in [-0.2, -0.15) is 0 Å². The highest BCUT2D eigenvalue weighted by Crippen LogP contribution is 2.49. The van der Waals surface area contributed by atoms with Gasteiger partial charge in [0.1, 0.15) is 5.78 Å². The minimum Gasteiger partial charge on any atom is -0.339 e. The van der Waals surface area contributed by atoms with E-state index in [4.69, 9.17) is 0 Å². The van der Waals surface area contributed by atoms with Crippen LogP contribution in [0.4, 0.5) is 0 Å². The molecule has 3 nitrogen and oxygen atoms in total. The van der Waals surface area contributed by atoms with Crippen molar-refractivity contribution in [2.45, 2.75) is 83.1 Å². The molecule has 5 unspecified atom stereocenters. The second-order valence-corrected chi connectivity index (χ2v) is 8.70. The summed E-state index contributed by atoms with van der Waals surface area (Å²) in [4.78, 5) is 27.2. The molecular weight excluding hydrogens is 286 g/mol. The number of likely N-dealkylation sites (tertiary alicyclic amines) is 1. The lowest BCUT2D eigenvalue weighted by Gasteiger charge is -2.44. The number of hydrogen-bond donors (Lipinski definition) is 0. The summed E-state index contributed by atoms with van der Waals surface area (Å²) in [6.07, 6.45) is 13.6. The van der Waals surface area contributed by atoms with E-state index in [9.17, 15) is 9.59 Å². The summed E-state index contributed by atoms with van der Waals surface area (Å²) in [7, 11) is 0. The molecule has 3 aliphatic carbocycles. The molecule has 3 heteroatoms. The van der Waals surface area contributed by atoms with Crippen molar-refractivity contribution in [1.82, 2.24) is 4.90 Å². The summed E-state index contributed by atoms with van der Waals surface area (Å²) in [5, 5.41) is 0. The number of ketones is 1. The van der Waals surface area contributed by atoms with Crippen molar-refractivity contribution in [3.63, 3.8) is 0 Å². The number of nitrogens with zero attached hydrogens (tertiary/aromatic N) is 1. The van der Waals surface area contributed by atoms with Gasteiger partial charge in [-0.15, -0.1) is 0 Å². The Balaban J connectivity index is 1.31. The van der Waals surface area contributed by atoms with Gasteiger partial charge in [-0.3, -0.25) is 9.59 Å². The van der Waals surface area contributed by atoms with Crippen LogP contribution in [0.5, 0.6) is 0 Å². The first-order valence-electron chi connectivity index (χ1n) is 10.0. The summed E-state index contributed by atoms with van der Waals surface area (Å²) in [5.74, 6) is 3.33. The highest BCUT2D eigenvalue weighted by molar-refractivity contribution is 5.98. The largest absolute Gasteiger partial charge is 0.339 e. The molecule has 0 N–H and O–H groups in total. The number of piperidine rings is 1. The number of hydrogen-bond acceptors (Lipinski definition) is 2. The predicted molar refractivity (Wildman–Crippen MR) is 89.9 cm³/mol. The van der Waals surface area contributed by atoms with E-state index >= 15 is 0 Å². The van der Waals surface area contributed by atoms with Gasteiger partial charge in [0, 0.05) is 19.0 Å². The number of Topliss-reactive ketones (excluding diaryl/α,β-unsaturated/α-hetero) is 1. The van der Waals surface area contributed by atoms with Crippen molar-refractivity contribution in [1.29, 1.82) is 0 Å². The molecular formula is C20H31NO2. The molecule has 1 amide bonds.